The fraction of sp³-hybridized carbons (Fsp3) is 0.767. The van der Waals surface area contributed by atoms with Gasteiger partial charge in [0.1, 0.15) is 6.04 Å². The maximum atomic E-state index is 14.7. The Labute approximate surface area is 232 Å². The number of hydrogen-bond donors (Lipinski definition) is 1. The quantitative estimate of drug-likeness (QED) is 0.411. The van der Waals surface area contributed by atoms with Crippen LogP contribution in [0.1, 0.15) is 74.1 Å². The number of fused-ring (bicyclic) bond motifs is 2. The van der Waals surface area contributed by atoms with Gasteiger partial charge in [-0.1, -0.05) is 58.9 Å². The van der Waals surface area contributed by atoms with Crippen molar-refractivity contribution in [2.75, 3.05) is 19.8 Å². The Kier molecular flexibility index (Phi) is 8.17. The van der Waals surface area contributed by atoms with E-state index in [2.05, 4.69) is 46.8 Å². The summed E-state index contributed by atoms with van der Waals surface area (Å²) in [6.07, 6.45) is 11.6. The number of likely N-dealkylation sites (tertiary alicyclic amines) is 1. The van der Waals surface area contributed by atoms with Gasteiger partial charge in [-0.3, -0.25) is 14.4 Å². The molecule has 1 spiro atoms. The van der Waals surface area contributed by atoms with Gasteiger partial charge >= 0.3 is 5.97 Å². The molecule has 6 atom stereocenters. The number of amides is 2. The highest BCUT2D eigenvalue weighted by Crippen LogP contribution is 2.61. The number of ether oxygens (including phenoxy) is 1. The van der Waals surface area contributed by atoms with Crippen molar-refractivity contribution in [3.05, 3.63) is 24.3 Å². The van der Waals surface area contributed by atoms with Gasteiger partial charge in [0.05, 0.1) is 35.8 Å². The van der Waals surface area contributed by atoms with Crippen molar-refractivity contribution in [2.24, 2.45) is 23.2 Å². The Balaban J connectivity index is 1.86. The van der Waals surface area contributed by atoms with Crippen LogP contribution in [0.3, 0.4) is 0 Å². The summed E-state index contributed by atoms with van der Waals surface area (Å²) in [6.45, 7) is 15.2. The second-order valence-electron chi connectivity index (χ2n) is 13.6. The van der Waals surface area contributed by atoms with E-state index in [1.807, 2.05) is 30.9 Å². The van der Waals surface area contributed by atoms with Crippen LogP contribution < -0.4 is 0 Å². The topological polar surface area (TPSA) is 87.2 Å². The van der Waals surface area contributed by atoms with Gasteiger partial charge in [-0.25, -0.2) is 0 Å². The Hall–Kier alpha value is -1.80. The third-order valence-corrected chi connectivity index (χ3v) is 10.3. The largest absolute Gasteiger partial charge is 0.465 e. The van der Waals surface area contributed by atoms with Crippen LogP contribution in [-0.2, 0) is 19.1 Å². The van der Waals surface area contributed by atoms with E-state index in [0.717, 1.165) is 25.7 Å². The second-order valence-corrected chi connectivity index (χ2v) is 15.1. The Morgan fingerprint density at radius 1 is 1.11 bits per heavy atom. The molecule has 2 amide bonds. The zero-order valence-corrected chi connectivity index (χ0v) is 24.9. The van der Waals surface area contributed by atoms with Crippen molar-refractivity contribution in [1.29, 1.82) is 0 Å². The first-order valence-corrected chi connectivity index (χ1v) is 15.1. The minimum absolute atomic E-state index is 0.00408. The van der Waals surface area contributed by atoms with E-state index in [0.29, 0.717) is 13.2 Å². The third-order valence-electron chi connectivity index (χ3n) is 8.55. The van der Waals surface area contributed by atoms with E-state index < -0.39 is 34.2 Å². The van der Waals surface area contributed by atoms with Gasteiger partial charge in [0.15, 0.2) is 0 Å². The normalized spacial score (nSPS) is 34.0. The number of thioether (sulfide) groups is 1. The van der Waals surface area contributed by atoms with Crippen molar-refractivity contribution in [3.8, 4) is 0 Å². The molecule has 4 aliphatic rings. The van der Waals surface area contributed by atoms with Crippen molar-refractivity contribution in [2.45, 2.75) is 102 Å². The molecule has 4 aliphatic heterocycles. The molecular weight excluding hydrogens is 500 g/mol. The number of carbonyl (C=O) groups excluding carboxylic acids is 3. The van der Waals surface area contributed by atoms with E-state index >= 15 is 0 Å². The molecule has 0 radical (unpaired) electrons. The average Bonchev–Trinajstić information content (AvgIpc) is 3.17. The van der Waals surface area contributed by atoms with Crippen molar-refractivity contribution in [3.63, 3.8) is 0 Å². The van der Waals surface area contributed by atoms with Crippen LogP contribution in [0.25, 0.3) is 0 Å². The Bertz CT molecular complexity index is 999. The maximum absolute atomic E-state index is 14.7. The lowest BCUT2D eigenvalue weighted by Crippen LogP contribution is -2.61. The van der Waals surface area contributed by atoms with Crippen LogP contribution in [-0.4, -0.2) is 80.1 Å². The van der Waals surface area contributed by atoms with Crippen molar-refractivity contribution >= 4 is 29.5 Å². The summed E-state index contributed by atoms with van der Waals surface area (Å²) in [4.78, 5) is 46.2. The van der Waals surface area contributed by atoms with Crippen molar-refractivity contribution < 1.29 is 24.2 Å². The predicted octanol–water partition coefficient (Wildman–Crippen LogP) is 4.20. The van der Waals surface area contributed by atoms with Crippen LogP contribution in [0.15, 0.2) is 24.3 Å². The molecule has 38 heavy (non-hydrogen) atoms. The third kappa shape index (κ3) is 5.07. The van der Waals surface area contributed by atoms with Gasteiger partial charge < -0.3 is 19.6 Å². The molecule has 0 aromatic carbocycles. The minimum atomic E-state index is -0.907. The summed E-state index contributed by atoms with van der Waals surface area (Å²) in [5.74, 6) is -2.14. The lowest BCUT2D eigenvalue weighted by atomic mass is 9.78. The van der Waals surface area contributed by atoms with E-state index in [1.54, 1.807) is 16.7 Å². The molecule has 0 aromatic rings. The van der Waals surface area contributed by atoms with E-state index in [4.69, 9.17) is 4.74 Å². The first kappa shape index (κ1) is 29.2. The Morgan fingerprint density at radius 3 is 2.45 bits per heavy atom. The molecule has 0 aromatic heterocycles. The number of cyclic esters (lactones) is 1. The lowest BCUT2D eigenvalue weighted by Gasteiger charge is -2.45. The van der Waals surface area contributed by atoms with Crippen LogP contribution in [0.2, 0.25) is 0 Å². The van der Waals surface area contributed by atoms with E-state index in [-0.39, 0.29) is 41.0 Å². The number of allylic oxidation sites excluding steroid dienone is 1. The van der Waals surface area contributed by atoms with Crippen LogP contribution in [0, 0.1) is 23.2 Å². The molecule has 4 heterocycles. The van der Waals surface area contributed by atoms with Gasteiger partial charge in [0, 0.05) is 17.3 Å². The van der Waals surface area contributed by atoms with Crippen molar-refractivity contribution in [1.82, 2.24) is 9.80 Å². The molecule has 1 N–H and O–H groups in total. The summed E-state index contributed by atoms with van der Waals surface area (Å²) < 4.78 is 4.79. The lowest BCUT2D eigenvalue weighted by molar-refractivity contribution is -0.154. The van der Waals surface area contributed by atoms with Crippen LogP contribution in [0.4, 0.5) is 0 Å². The van der Waals surface area contributed by atoms with Gasteiger partial charge in [-0.15, -0.1) is 11.8 Å². The number of hydrogen-bond acceptors (Lipinski definition) is 6. The molecule has 7 nitrogen and oxygen atoms in total. The summed E-state index contributed by atoms with van der Waals surface area (Å²) >= 11 is 1.56. The highest BCUT2D eigenvalue weighted by molar-refractivity contribution is 8.02. The number of esters is 1. The summed E-state index contributed by atoms with van der Waals surface area (Å²) in [6, 6.07) is -1.33. The van der Waals surface area contributed by atoms with Crippen LogP contribution in [0.5, 0.6) is 0 Å². The standard InChI is InChI=1S/C30H46N2O5S/c1-19(2)20(17-33)32-24-26(35)31(29(6,7)18-28(3,4)5)15-12-14-30(24)23(25(32)34)22-21(38-30)13-10-8-9-11-16-37-27(22)36/h10,12-14,19-24,33H,8-9,11,15-18H2,1-7H3/b13-10-/t20-,21+,22-,23-,24?,30-/m0/s1. The van der Waals surface area contributed by atoms with Gasteiger partial charge in [-0.2, -0.15) is 0 Å². The monoisotopic (exact) mass is 546 g/mol. The number of aliphatic hydroxyl groups is 1. The first-order chi connectivity index (χ1) is 17.7. The number of carbonyl (C=O) groups is 3. The molecule has 212 valence electrons. The molecule has 1 unspecified atom stereocenters. The maximum Gasteiger partial charge on any atom is 0.311 e. The molecule has 0 saturated carbocycles. The van der Waals surface area contributed by atoms with Gasteiger partial charge in [-0.05, 0) is 50.9 Å². The minimum Gasteiger partial charge on any atom is -0.465 e. The first-order valence-electron chi connectivity index (χ1n) is 14.2. The fourth-order valence-electron chi connectivity index (χ4n) is 7.27. The number of nitrogens with zero attached hydrogens (tertiary/aromatic N) is 2. The van der Waals surface area contributed by atoms with E-state index in [1.165, 1.54) is 0 Å². The van der Waals surface area contributed by atoms with Gasteiger partial charge in [0.25, 0.3) is 0 Å². The molecule has 0 aliphatic carbocycles. The van der Waals surface area contributed by atoms with E-state index in [9.17, 15) is 19.5 Å². The highest BCUT2D eigenvalue weighted by Gasteiger charge is 2.72. The number of rotatable bonds is 5. The SMILES string of the molecule is CC(C)[C@H](CO)N1C(=O)[C@@H]2[C@H]3C(=O)OCCCC/C=C\[C@H]3S[C@@]23C=CCN(C(C)(C)CC(C)(C)C)C(=O)C13. The molecule has 2 fully saturated rings. The highest BCUT2D eigenvalue weighted by atomic mass is 32.2. The smallest absolute Gasteiger partial charge is 0.311 e. The zero-order chi connectivity index (χ0) is 28.0. The van der Waals surface area contributed by atoms with Gasteiger partial charge in [0.2, 0.25) is 11.8 Å². The fourth-order valence-corrected chi connectivity index (χ4v) is 9.26. The number of aliphatic hydroxyl groups excluding tert-OH is 1. The second kappa shape index (κ2) is 10.6. The molecule has 0 bridgehead atoms. The molecule has 4 rings (SSSR count). The molecular formula is C30H46N2O5S. The molecule has 2 saturated heterocycles. The summed E-state index contributed by atoms with van der Waals surface area (Å²) in [5, 5.41) is 10.2. The Morgan fingerprint density at radius 2 is 1.82 bits per heavy atom. The molecule has 8 heteroatoms. The average molecular weight is 547 g/mol. The predicted molar refractivity (Wildman–Crippen MR) is 150 cm³/mol. The summed E-state index contributed by atoms with van der Waals surface area (Å²) in [5.41, 5.74) is -0.458. The zero-order valence-electron chi connectivity index (χ0n) is 24.1. The summed E-state index contributed by atoms with van der Waals surface area (Å²) in [7, 11) is 0. The van der Waals surface area contributed by atoms with Crippen LogP contribution >= 0.6 is 11.8 Å².